The molecule has 5 heteroatoms. The molecule has 0 bridgehead atoms. The Morgan fingerprint density at radius 3 is 2.62 bits per heavy atom. The van der Waals surface area contributed by atoms with E-state index >= 15 is 0 Å². The second-order valence-corrected chi connectivity index (χ2v) is 4.20. The largest absolute Gasteiger partial charge is 0.398 e. The predicted molar refractivity (Wildman–Crippen MR) is 65.0 cm³/mol. The molecule has 0 aromatic heterocycles. The summed E-state index contributed by atoms with van der Waals surface area (Å²) in [5.74, 6) is -0.179. The van der Waals surface area contributed by atoms with E-state index in [0.29, 0.717) is 23.4 Å². The molecule has 1 rings (SSSR count). The van der Waals surface area contributed by atoms with Gasteiger partial charge in [-0.25, -0.2) is 4.39 Å². The molecule has 0 aliphatic carbocycles. The minimum Gasteiger partial charge on any atom is -0.398 e. The molecular formula is C11H16FNO2S. The van der Waals surface area contributed by atoms with Crippen molar-refractivity contribution in [1.82, 2.24) is 0 Å². The second-order valence-electron chi connectivity index (χ2n) is 3.75. The van der Waals surface area contributed by atoms with Crippen molar-refractivity contribution in [1.29, 1.82) is 0 Å². The van der Waals surface area contributed by atoms with Crippen molar-refractivity contribution < 1.29 is 14.6 Å². The Hall–Kier alpha value is -0.780. The molecule has 0 aliphatic rings. The van der Waals surface area contributed by atoms with Crippen LogP contribution in [0.25, 0.3) is 0 Å². The molecule has 2 unspecified atom stereocenters. The van der Waals surface area contributed by atoms with E-state index in [1.54, 1.807) is 6.92 Å². The van der Waals surface area contributed by atoms with Crippen molar-refractivity contribution in [3.63, 3.8) is 0 Å². The maximum absolute atomic E-state index is 13.5. The molecule has 90 valence electrons. The average molecular weight is 245 g/mol. The fraction of sp³-hybridized carbons (Fsp3) is 0.455. The number of aliphatic hydroxyl groups is 2. The van der Waals surface area contributed by atoms with Gasteiger partial charge in [0, 0.05) is 11.3 Å². The van der Waals surface area contributed by atoms with Crippen molar-refractivity contribution >= 4 is 18.3 Å². The zero-order valence-corrected chi connectivity index (χ0v) is 9.91. The number of rotatable bonds is 4. The number of thiol groups is 1. The normalized spacial score (nSPS) is 14.8. The molecule has 0 spiro atoms. The fourth-order valence-corrected chi connectivity index (χ4v) is 1.71. The van der Waals surface area contributed by atoms with E-state index in [1.165, 1.54) is 6.07 Å². The third-order valence-corrected chi connectivity index (χ3v) is 2.75. The molecule has 0 radical (unpaired) electrons. The Balaban J connectivity index is 2.99. The third kappa shape index (κ3) is 2.87. The summed E-state index contributed by atoms with van der Waals surface area (Å²) in [6, 6.07) is 2.61. The quantitative estimate of drug-likeness (QED) is 0.479. The van der Waals surface area contributed by atoms with Crippen molar-refractivity contribution in [3.05, 3.63) is 29.1 Å². The monoisotopic (exact) mass is 245 g/mol. The molecule has 0 heterocycles. The van der Waals surface area contributed by atoms with Gasteiger partial charge in [-0.05, 0) is 36.8 Å². The molecule has 2 atom stereocenters. The molecular weight excluding hydrogens is 229 g/mol. The van der Waals surface area contributed by atoms with E-state index in [2.05, 4.69) is 12.6 Å². The Labute approximate surface area is 99.5 Å². The first-order valence-electron chi connectivity index (χ1n) is 5.00. The smallest absolute Gasteiger partial charge is 0.131 e. The maximum atomic E-state index is 13.5. The van der Waals surface area contributed by atoms with Crippen LogP contribution in [-0.2, 0) is 0 Å². The molecule has 1 aromatic carbocycles. The van der Waals surface area contributed by atoms with Crippen LogP contribution < -0.4 is 5.73 Å². The molecule has 1 aromatic rings. The van der Waals surface area contributed by atoms with Gasteiger partial charge in [0.05, 0.1) is 6.10 Å². The Bertz CT molecular complexity index is 373. The Morgan fingerprint density at radius 2 is 2.06 bits per heavy atom. The van der Waals surface area contributed by atoms with Crippen molar-refractivity contribution in [2.75, 3.05) is 11.5 Å². The lowest BCUT2D eigenvalue weighted by Gasteiger charge is -2.18. The zero-order valence-electron chi connectivity index (χ0n) is 9.02. The van der Waals surface area contributed by atoms with Gasteiger partial charge in [-0.3, -0.25) is 0 Å². The topological polar surface area (TPSA) is 66.5 Å². The molecule has 0 amide bonds. The highest BCUT2D eigenvalue weighted by molar-refractivity contribution is 7.80. The van der Waals surface area contributed by atoms with Crippen molar-refractivity contribution in [3.8, 4) is 0 Å². The van der Waals surface area contributed by atoms with Gasteiger partial charge in [0.25, 0.3) is 0 Å². The zero-order chi connectivity index (χ0) is 12.3. The summed E-state index contributed by atoms with van der Waals surface area (Å²) in [7, 11) is 0. The minimum absolute atomic E-state index is 0.0704. The molecule has 0 saturated carbocycles. The van der Waals surface area contributed by atoms with Crippen molar-refractivity contribution in [2.45, 2.75) is 25.6 Å². The lowest BCUT2D eigenvalue weighted by atomic mass is 9.99. The highest BCUT2D eigenvalue weighted by atomic mass is 32.1. The number of nitrogens with two attached hydrogens (primary N) is 1. The third-order valence-electron chi connectivity index (χ3n) is 2.49. The van der Waals surface area contributed by atoms with Crippen molar-refractivity contribution in [2.24, 2.45) is 0 Å². The van der Waals surface area contributed by atoms with Gasteiger partial charge in [-0.15, -0.1) is 0 Å². The molecule has 0 aliphatic heterocycles. The standard InChI is InChI=1S/C11H16FNO2S/c1-6-4-7(8(12)5-9(6)13)11(15)10(14)2-3-16/h4-5,10-11,14-16H,2-3,13H2,1H3. The van der Waals surface area contributed by atoms with Gasteiger partial charge in [-0.2, -0.15) is 12.6 Å². The highest BCUT2D eigenvalue weighted by Crippen LogP contribution is 2.26. The summed E-state index contributed by atoms with van der Waals surface area (Å²) in [6.07, 6.45) is -1.96. The van der Waals surface area contributed by atoms with Gasteiger partial charge < -0.3 is 15.9 Å². The van der Waals surface area contributed by atoms with Gasteiger partial charge in [0.1, 0.15) is 11.9 Å². The van der Waals surface area contributed by atoms with Crippen LogP contribution in [0.3, 0.4) is 0 Å². The fourth-order valence-electron chi connectivity index (χ4n) is 1.44. The van der Waals surface area contributed by atoms with Crippen LogP contribution >= 0.6 is 12.6 Å². The van der Waals surface area contributed by atoms with E-state index in [4.69, 9.17) is 5.73 Å². The van der Waals surface area contributed by atoms with Crippen LogP contribution in [0.1, 0.15) is 23.7 Å². The van der Waals surface area contributed by atoms with E-state index < -0.39 is 18.0 Å². The number of hydrogen-bond acceptors (Lipinski definition) is 4. The van der Waals surface area contributed by atoms with E-state index in [0.717, 1.165) is 6.07 Å². The van der Waals surface area contributed by atoms with Crippen LogP contribution in [0.4, 0.5) is 10.1 Å². The average Bonchev–Trinajstić information content (AvgIpc) is 2.23. The first-order chi connectivity index (χ1) is 7.47. The maximum Gasteiger partial charge on any atom is 0.131 e. The number of aryl methyl sites for hydroxylation is 1. The summed E-state index contributed by atoms with van der Waals surface area (Å²) in [6.45, 7) is 1.72. The molecule has 3 nitrogen and oxygen atoms in total. The van der Waals surface area contributed by atoms with Crippen LogP contribution in [0.5, 0.6) is 0 Å². The van der Waals surface area contributed by atoms with E-state index in [1.807, 2.05) is 0 Å². The SMILES string of the molecule is Cc1cc(C(O)C(O)CCS)c(F)cc1N. The van der Waals surface area contributed by atoms with Gasteiger partial charge in [0.2, 0.25) is 0 Å². The Morgan fingerprint density at radius 1 is 1.44 bits per heavy atom. The summed E-state index contributed by atoms with van der Waals surface area (Å²) < 4.78 is 13.5. The highest BCUT2D eigenvalue weighted by Gasteiger charge is 2.21. The second kappa shape index (κ2) is 5.52. The molecule has 4 N–H and O–H groups in total. The van der Waals surface area contributed by atoms with Crippen LogP contribution in [-0.4, -0.2) is 22.1 Å². The van der Waals surface area contributed by atoms with E-state index in [-0.39, 0.29) is 5.56 Å². The number of halogens is 1. The van der Waals surface area contributed by atoms with Gasteiger partial charge >= 0.3 is 0 Å². The first-order valence-corrected chi connectivity index (χ1v) is 5.63. The lowest BCUT2D eigenvalue weighted by Crippen LogP contribution is -2.20. The summed E-state index contributed by atoms with van der Waals surface area (Å²) in [5.41, 5.74) is 6.60. The summed E-state index contributed by atoms with van der Waals surface area (Å²) >= 11 is 3.94. The molecule has 0 fully saturated rings. The summed E-state index contributed by atoms with van der Waals surface area (Å²) in [4.78, 5) is 0. The first kappa shape index (κ1) is 13.3. The van der Waals surface area contributed by atoms with Crippen LogP contribution in [0, 0.1) is 12.7 Å². The number of nitrogen functional groups attached to an aromatic ring is 1. The molecule has 16 heavy (non-hydrogen) atoms. The van der Waals surface area contributed by atoms with Gasteiger partial charge in [-0.1, -0.05) is 0 Å². The van der Waals surface area contributed by atoms with Gasteiger partial charge in [0.15, 0.2) is 0 Å². The summed E-state index contributed by atoms with van der Waals surface area (Å²) in [5, 5.41) is 19.3. The minimum atomic E-state index is -1.24. The number of anilines is 1. The Kier molecular flexibility index (Phi) is 4.58. The number of aliphatic hydroxyl groups excluding tert-OH is 2. The molecule has 0 saturated heterocycles. The number of hydrogen-bond donors (Lipinski definition) is 4. The predicted octanol–water partition coefficient (Wildman–Crippen LogP) is 1.43. The van der Waals surface area contributed by atoms with Crippen LogP contribution in [0.2, 0.25) is 0 Å². The van der Waals surface area contributed by atoms with E-state index in [9.17, 15) is 14.6 Å². The lowest BCUT2D eigenvalue weighted by molar-refractivity contribution is 0.0151. The van der Waals surface area contributed by atoms with Crippen LogP contribution in [0.15, 0.2) is 12.1 Å². The number of benzene rings is 1.